The SMILES string of the molecule is COc1c(/C(C)=C/C(=O)NCC(C)C)cc2c(-c3cccc(Br)c3)coc2c1C. The predicted molar refractivity (Wildman–Crippen MR) is 122 cm³/mol. The van der Waals surface area contributed by atoms with Crippen molar-refractivity contribution in [3.8, 4) is 16.9 Å². The quantitative estimate of drug-likeness (QED) is 0.440. The van der Waals surface area contributed by atoms with Crippen molar-refractivity contribution in [1.82, 2.24) is 5.32 Å². The molecule has 1 heterocycles. The molecule has 2 aromatic carbocycles. The fourth-order valence-corrected chi connectivity index (χ4v) is 3.78. The Morgan fingerprint density at radius 3 is 2.72 bits per heavy atom. The van der Waals surface area contributed by atoms with Gasteiger partial charge in [-0.15, -0.1) is 0 Å². The summed E-state index contributed by atoms with van der Waals surface area (Å²) in [6.45, 7) is 8.69. The highest BCUT2D eigenvalue weighted by molar-refractivity contribution is 9.10. The van der Waals surface area contributed by atoms with Gasteiger partial charge in [0.2, 0.25) is 5.91 Å². The van der Waals surface area contributed by atoms with Crippen LogP contribution in [0.3, 0.4) is 0 Å². The standard InChI is InChI=1S/C24H26BrNO3/c1-14(2)12-26-22(27)9-15(3)19-11-20-21(17-7-6-8-18(25)10-17)13-29-24(20)16(4)23(19)28-5/h6-11,13-14H,12H2,1-5H3,(H,26,27)/b15-9+. The van der Waals surface area contributed by atoms with Crippen LogP contribution in [0.25, 0.3) is 27.7 Å². The molecule has 29 heavy (non-hydrogen) atoms. The molecule has 152 valence electrons. The maximum atomic E-state index is 12.3. The van der Waals surface area contributed by atoms with Crippen molar-refractivity contribution in [3.05, 3.63) is 58.3 Å². The third-order valence-electron chi connectivity index (χ3n) is 4.84. The van der Waals surface area contributed by atoms with Gasteiger partial charge in [0.25, 0.3) is 0 Å². The lowest BCUT2D eigenvalue weighted by Gasteiger charge is -2.13. The van der Waals surface area contributed by atoms with Crippen molar-refractivity contribution in [3.63, 3.8) is 0 Å². The summed E-state index contributed by atoms with van der Waals surface area (Å²) in [6, 6.07) is 10.2. The highest BCUT2D eigenvalue weighted by Crippen LogP contribution is 2.40. The Balaban J connectivity index is 2.11. The molecule has 0 radical (unpaired) electrons. The van der Waals surface area contributed by atoms with Crippen LogP contribution in [-0.4, -0.2) is 19.6 Å². The first-order valence-corrected chi connectivity index (χ1v) is 10.4. The van der Waals surface area contributed by atoms with Crippen molar-refractivity contribution in [1.29, 1.82) is 0 Å². The van der Waals surface area contributed by atoms with Gasteiger partial charge >= 0.3 is 0 Å². The van der Waals surface area contributed by atoms with E-state index in [-0.39, 0.29) is 5.91 Å². The summed E-state index contributed by atoms with van der Waals surface area (Å²) in [5.41, 5.74) is 5.49. The largest absolute Gasteiger partial charge is 0.496 e. The Morgan fingerprint density at radius 2 is 2.07 bits per heavy atom. The zero-order valence-corrected chi connectivity index (χ0v) is 19.0. The number of hydrogen-bond acceptors (Lipinski definition) is 3. The molecule has 0 bridgehead atoms. The lowest BCUT2D eigenvalue weighted by molar-refractivity contribution is -0.116. The van der Waals surface area contributed by atoms with E-state index in [4.69, 9.17) is 9.15 Å². The fraction of sp³-hybridized carbons (Fsp3) is 0.292. The first-order chi connectivity index (χ1) is 13.8. The van der Waals surface area contributed by atoms with Gasteiger partial charge in [0.15, 0.2) is 0 Å². The molecule has 1 aromatic heterocycles. The Hall–Kier alpha value is -2.53. The van der Waals surface area contributed by atoms with Gasteiger partial charge in [0.1, 0.15) is 11.3 Å². The second kappa shape index (κ2) is 8.87. The van der Waals surface area contributed by atoms with E-state index in [1.54, 1.807) is 19.4 Å². The number of methoxy groups -OCH3 is 1. The molecular formula is C24H26BrNO3. The topological polar surface area (TPSA) is 51.5 Å². The van der Waals surface area contributed by atoms with Gasteiger partial charge in [0.05, 0.1) is 13.4 Å². The highest BCUT2D eigenvalue weighted by atomic mass is 79.9. The monoisotopic (exact) mass is 455 g/mol. The molecule has 0 saturated heterocycles. The maximum absolute atomic E-state index is 12.3. The minimum atomic E-state index is -0.101. The Kier molecular flexibility index (Phi) is 6.48. The molecule has 4 nitrogen and oxygen atoms in total. The zero-order valence-electron chi connectivity index (χ0n) is 17.4. The molecule has 0 unspecified atom stereocenters. The van der Waals surface area contributed by atoms with E-state index in [9.17, 15) is 4.79 Å². The van der Waals surface area contributed by atoms with Gasteiger partial charge in [0, 0.05) is 39.2 Å². The third kappa shape index (κ3) is 4.56. The number of benzene rings is 2. The van der Waals surface area contributed by atoms with Crippen LogP contribution in [0.1, 0.15) is 31.9 Å². The highest BCUT2D eigenvalue weighted by Gasteiger charge is 2.19. The number of ether oxygens (including phenoxy) is 1. The van der Waals surface area contributed by atoms with Crippen LogP contribution >= 0.6 is 15.9 Å². The number of allylic oxidation sites excluding steroid dienone is 1. The van der Waals surface area contributed by atoms with E-state index in [0.717, 1.165) is 49.0 Å². The fourth-order valence-electron chi connectivity index (χ4n) is 3.38. The first kappa shape index (κ1) is 21.2. The van der Waals surface area contributed by atoms with E-state index in [2.05, 4.69) is 47.2 Å². The van der Waals surface area contributed by atoms with Crippen LogP contribution in [0.15, 0.2) is 51.6 Å². The number of carbonyl (C=O) groups excluding carboxylic acids is 1. The van der Waals surface area contributed by atoms with Gasteiger partial charge in [-0.1, -0.05) is 41.9 Å². The number of nitrogens with one attached hydrogen (secondary N) is 1. The normalized spacial score (nSPS) is 11.9. The smallest absolute Gasteiger partial charge is 0.244 e. The number of amides is 1. The minimum Gasteiger partial charge on any atom is -0.496 e. The van der Waals surface area contributed by atoms with E-state index in [0.29, 0.717) is 12.5 Å². The van der Waals surface area contributed by atoms with Crippen molar-refractivity contribution >= 4 is 38.4 Å². The van der Waals surface area contributed by atoms with Crippen molar-refractivity contribution in [2.45, 2.75) is 27.7 Å². The van der Waals surface area contributed by atoms with Crippen LogP contribution in [0.2, 0.25) is 0 Å². The zero-order chi connectivity index (χ0) is 21.1. The summed E-state index contributed by atoms with van der Waals surface area (Å²) in [7, 11) is 1.64. The van der Waals surface area contributed by atoms with Gasteiger partial charge in [-0.3, -0.25) is 4.79 Å². The molecule has 1 N–H and O–H groups in total. The molecule has 1 amide bonds. The summed E-state index contributed by atoms with van der Waals surface area (Å²) in [6.07, 6.45) is 3.40. The number of rotatable bonds is 6. The minimum absolute atomic E-state index is 0.101. The van der Waals surface area contributed by atoms with Gasteiger partial charge < -0.3 is 14.5 Å². The second-order valence-corrected chi connectivity index (χ2v) is 8.50. The van der Waals surface area contributed by atoms with Gasteiger partial charge in [-0.2, -0.15) is 0 Å². The van der Waals surface area contributed by atoms with E-state index in [1.165, 1.54) is 0 Å². The third-order valence-corrected chi connectivity index (χ3v) is 5.33. The van der Waals surface area contributed by atoms with Crippen LogP contribution < -0.4 is 10.1 Å². The summed E-state index contributed by atoms with van der Waals surface area (Å²) in [5.74, 6) is 1.02. The number of carbonyl (C=O) groups is 1. The van der Waals surface area contributed by atoms with E-state index >= 15 is 0 Å². The number of furan rings is 1. The molecule has 3 rings (SSSR count). The number of halogens is 1. The molecule has 0 saturated carbocycles. The van der Waals surface area contributed by atoms with Crippen molar-refractivity contribution in [2.75, 3.05) is 13.7 Å². The lowest BCUT2D eigenvalue weighted by atomic mass is 9.96. The van der Waals surface area contributed by atoms with Gasteiger partial charge in [-0.25, -0.2) is 0 Å². The molecule has 0 aliphatic heterocycles. The average Bonchev–Trinajstić information content (AvgIpc) is 3.10. The van der Waals surface area contributed by atoms with Crippen LogP contribution in [0.4, 0.5) is 0 Å². The first-order valence-electron chi connectivity index (χ1n) is 9.63. The molecule has 0 aliphatic carbocycles. The molecule has 0 aliphatic rings. The van der Waals surface area contributed by atoms with Crippen molar-refractivity contribution in [2.24, 2.45) is 5.92 Å². The Labute approximate surface area is 180 Å². The Morgan fingerprint density at radius 1 is 1.31 bits per heavy atom. The van der Waals surface area contributed by atoms with Crippen LogP contribution in [-0.2, 0) is 4.79 Å². The van der Waals surface area contributed by atoms with E-state index in [1.807, 2.05) is 32.0 Å². The maximum Gasteiger partial charge on any atom is 0.244 e. The van der Waals surface area contributed by atoms with Gasteiger partial charge in [-0.05, 0) is 49.1 Å². The molecule has 0 atom stereocenters. The number of fused-ring (bicyclic) bond motifs is 1. The molecule has 5 heteroatoms. The Bertz CT molecular complexity index is 1080. The summed E-state index contributed by atoms with van der Waals surface area (Å²) < 4.78 is 12.6. The summed E-state index contributed by atoms with van der Waals surface area (Å²) in [4.78, 5) is 12.3. The predicted octanol–water partition coefficient (Wildman–Crippen LogP) is 6.35. The second-order valence-electron chi connectivity index (χ2n) is 7.59. The number of hydrogen-bond donors (Lipinski definition) is 1. The molecular weight excluding hydrogens is 430 g/mol. The summed E-state index contributed by atoms with van der Waals surface area (Å²) >= 11 is 3.53. The van der Waals surface area contributed by atoms with Crippen LogP contribution in [0.5, 0.6) is 5.75 Å². The van der Waals surface area contributed by atoms with E-state index < -0.39 is 0 Å². The molecule has 3 aromatic rings. The van der Waals surface area contributed by atoms with Crippen molar-refractivity contribution < 1.29 is 13.9 Å². The molecule has 0 spiro atoms. The summed E-state index contributed by atoms with van der Waals surface area (Å²) in [5, 5.41) is 3.92. The number of aryl methyl sites for hydroxylation is 1. The lowest BCUT2D eigenvalue weighted by Crippen LogP contribution is -2.25. The average molecular weight is 456 g/mol. The molecule has 0 fully saturated rings. The van der Waals surface area contributed by atoms with Crippen LogP contribution in [0, 0.1) is 12.8 Å².